The molecule has 13 heteroatoms. The molecule has 0 aliphatic heterocycles. The molecule has 3 rings (SSSR count). The van der Waals surface area contributed by atoms with E-state index in [2.05, 4.69) is 10.6 Å². The number of carbonyl (C=O) groups is 5. The molecule has 0 aromatic heterocycles. The molecule has 0 aliphatic carbocycles. The Kier molecular flexibility index (Phi) is 17.4. The van der Waals surface area contributed by atoms with Crippen LogP contribution >= 0.6 is 19.0 Å². The van der Waals surface area contributed by atoms with Crippen molar-refractivity contribution in [1.82, 2.24) is 10.6 Å². The third kappa shape index (κ3) is 11.9. The Morgan fingerprint density at radius 2 is 1.28 bits per heavy atom. The zero-order chi connectivity index (χ0) is 33.4. The van der Waals surface area contributed by atoms with E-state index in [-0.39, 0.29) is 60.1 Å². The van der Waals surface area contributed by atoms with Gasteiger partial charge in [-0.05, 0) is 56.7 Å². The highest BCUT2D eigenvalue weighted by molar-refractivity contribution is 8.15. The van der Waals surface area contributed by atoms with Gasteiger partial charge in [-0.25, -0.2) is 0 Å². The number of amides is 2. The summed E-state index contributed by atoms with van der Waals surface area (Å²) in [6.45, 7) is 3.22. The van der Waals surface area contributed by atoms with Gasteiger partial charge in [0.15, 0.2) is 0 Å². The Morgan fingerprint density at radius 1 is 0.787 bits per heavy atom. The molecule has 10 nitrogen and oxygen atoms in total. The molecule has 47 heavy (non-hydrogen) atoms. The summed E-state index contributed by atoms with van der Waals surface area (Å²) < 4.78 is 9.77. The second-order valence-corrected chi connectivity index (χ2v) is 14.8. The maximum Gasteiger partial charge on any atom is 0.325 e. The van der Waals surface area contributed by atoms with Crippen LogP contribution in [0, 0.1) is 0 Å². The molecule has 0 spiro atoms. The van der Waals surface area contributed by atoms with Crippen LogP contribution in [0.1, 0.15) is 26.7 Å². The van der Waals surface area contributed by atoms with Crippen LogP contribution < -0.4 is 49.3 Å². The number of carbonyl (C=O) groups excluding carboxylic acids is 5. The summed E-state index contributed by atoms with van der Waals surface area (Å²) in [5.41, 5.74) is 5.82. The molecule has 2 amide bonds. The SMILES string of the molecule is CCOC(=O)CNC(=O)C(CSC(=O)C[P+](c1ccccc1)(c1ccccc1)c1ccccc1)NC(=O)CCC(N)C(=O)OCC.[Br-]. The summed E-state index contributed by atoms with van der Waals surface area (Å²) in [5.74, 6) is -2.52. The van der Waals surface area contributed by atoms with Gasteiger partial charge in [0, 0.05) is 12.2 Å². The molecule has 252 valence electrons. The van der Waals surface area contributed by atoms with Gasteiger partial charge in [0.2, 0.25) is 16.9 Å². The van der Waals surface area contributed by atoms with Gasteiger partial charge in [0.1, 0.15) is 48.0 Å². The summed E-state index contributed by atoms with van der Waals surface area (Å²) >= 11 is 0.944. The monoisotopic (exact) mass is 745 g/mol. The fourth-order valence-electron chi connectivity index (χ4n) is 4.78. The molecule has 0 aliphatic rings. The molecule has 0 heterocycles. The Bertz CT molecular complexity index is 1360. The molecule has 2 atom stereocenters. The van der Waals surface area contributed by atoms with Gasteiger partial charge in [-0.2, -0.15) is 0 Å². The van der Waals surface area contributed by atoms with E-state index in [9.17, 15) is 24.0 Å². The number of ether oxygens (including phenoxy) is 2. The van der Waals surface area contributed by atoms with E-state index in [1.165, 1.54) is 0 Å². The van der Waals surface area contributed by atoms with Crippen LogP contribution in [0.25, 0.3) is 0 Å². The summed E-state index contributed by atoms with van der Waals surface area (Å²) in [6, 6.07) is 27.7. The number of benzene rings is 3. The van der Waals surface area contributed by atoms with Crippen LogP contribution in [-0.2, 0) is 33.4 Å². The van der Waals surface area contributed by atoms with Crippen molar-refractivity contribution in [1.29, 1.82) is 0 Å². The maximum absolute atomic E-state index is 13.9. The molecule has 3 aromatic carbocycles. The first kappa shape index (κ1) is 39.6. The summed E-state index contributed by atoms with van der Waals surface area (Å²) in [7, 11) is -2.47. The van der Waals surface area contributed by atoms with Gasteiger partial charge in [-0.15, -0.1) is 0 Å². The minimum Gasteiger partial charge on any atom is -1.00 e. The van der Waals surface area contributed by atoms with Crippen molar-refractivity contribution >= 4 is 63.8 Å². The average Bonchev–Trinajstić information content (AvgIpc) is 3.08. The number of rotatable bonds is 17. The first-order valence-electron chi connectivity index (χ1n) is 15.1. The van der Waals surface area contributed by atoms with Crippen molar-refractivity contribution in [2.75, 3.05) is 31.7 Å². The van der Waals surface area contributed by atoms with Crippen molar-refractivity contribution in [3.63, 3.8) is 0 Å². The summed E-state index contributed by atoms with van der Waals surface area (Å²) in [6.07, 6.45) is 0.0340. The van der Waals surface area contributed by atoms with Crippen LogP contribution in [0.2, 0.25) is 0 Å². The highest BCUT2D eigenvalue weighted by Gasteiger charge is 2.47. The highest BCUT2D eigenvalue weighted by atomic mass is 79.9. The van der Waals surface area contributed by atoms with Crippen LogP contribution in [0.4, 0.5) is 0 Å². The Balaban J connectivity index is 0.00000768. The molecular weight excluding hydrogens is 705 g/mol. The standard InChI is InChI=1S/C34H40N3O7PS.BrH/c1-3-43-31(39)22-36-33(41)29(37-30(38)21-20-28(35)34(42)44-4-2)24-46-32(40)23-45(25-14-8-5-9-15-25,26-16-10-6-11-17-26)27-18-12-7-13-19-27;/h5-19,28-29H,3-4,20-24,35H2,1-2H3,(H-,36,37,38,41);1H. The molecule has 0 saturated heterocycles. The van der Waals surface area contributed by atoms with E-state index >= 15 is 0 Å². The largest absolute Gasteiger partial charge is 1.00 e. The molecule has 0 fully saturated rings. The smallest absolute Gasteiger partial charge is 0.325 e. The number of hydrogen-bond donors (Lipinski definition) is 3. The van der Waals surface area contributed by atoms with Gasteiger partial charge >= 0.3 is 11.9 Å². The normalized spacial score (nSPS) is 12.1. The van der Waals surface area contributed by atoms with Crippen LogP contribution in [0.5, 0.6) is 0 Å². The fourth-order valence-corrected chi connectivity index (χ4v) is 10.2. The number of nitrogens with one attached hydrogen (secondary N) is 2. The molecule has 0 radical (unpaired) electrons. The van der Waals surface area contributed by atoms with Crippen molar-refractivity contribution in [2.24, 2.45) is 5.73 Å². The molecule has 3 aromatic rings. The third-order valence-corrected chi connectivity index (χ3v) is 12.5. The zero-order valence-electron chi connectivity index (χ0n) is 26.4. The molecule has 2 unspecified atom stereocenters. The quantitative estimate of drug-likeness (QED) is 0.118. The summed E-state index contributed by atoms with van der Waals surface area (Å²) in [4.78, 5) is 63.6. The topological polar surface area (TPSA) is 154 Å². The van der Waals surface area contributed by atoms with Gasteiger partial charge in [0.05, 0.1) is 13.2 Å². The van der Waals surface area contributed by atoms with E-state index in [0.29, 0.717) is 0 Å². The number of esters is 2. The lowest BCUT2D eigenvalue weighted by atomic mass is 10.1. The van der Waals surface area contributed by atoms with Crippen LogP contribution in [0.15, 0.2) is 91.0 Å². The average molecular weight is 747 g/mol. The number of thioether (sulfide) groups is 1. The zero-order valence-corrected chi connectivity index (χ0v) is 29.7. The molecule has 4 N–H and O–H groups in total. The second-order valence-electron chi connectivity index (χ2n) is 10.2. The van der Waals surface area contributed by atoms with E-state index in [1.54, 1.807) is 13.8 Å². The van der Waals surface area contributed by atoms with Gasteiger partial charge in [-0.3, -0.25) is 24.0 Å². The van der Waals surface area contributed by atoms with E-state index in [0.717, 1.165) is 27.7 Å². The van der Waals surface area contributed by atoms with Crippen LogP contribution in [0.3, 0.4) is 0 Å². The Morgan fingerprint density at radius 3 is 1.74 bits per heavy atom. The number of nitrogens with two attached hydrogens (primary N) is 1. The van der Waals surface area contributed by atoms with Gasteiger partial charge < -0.3 is 42.8 Å². The minimum atomic E-state index is -2.47. The number of halogens is 1. The van der Waals surface area contributed by atoms with Crippen molar-refractivity contribution in [2.45, 2.75) is 38.8 Å². The predicted octanol–water partition coefficient (Wildman–Crippen LogP) is -0.921. The predicted molar refractivity (Wildman–Crippen MR) is 183 cm³/mol. The lowest BCUT2D eigenvalue weighted by Gasteiger charge is -2.27. The first-order chi connectivity index (χ1) is 22.2. The van der Waals surface area contributed by atoms with E-state index in [4.69, 9.17) is 15.2 Å². The molecular formula is C34H41BrN3O7PS. The van der Waals surface area contributed by atoms with Gasteiger partial charge in [-0.1, -0.05) is 66.4 Å². The lowest BCUT2D eigenvalue weighted by Crippen LogP contribution is -3.00. The molecule has 0 saturated carbocycles. The Labute approximate surface area is 291 Å². The Hall–Kier alpha value is -3.57. The van der Waals surface area contributed by atoms with E-state index in [1.807, 2.05) is 91.0 Å². The molecule has 0 bridgehead atoms. The second kappa shape index (κ2) is 20.6. The van der Waals surface area contributed by atoms with Gasteiger partial charge in [0.25, 0.3) is 0 Å². The fraction of sp³-hybridized carbons (Fsp3) is 0.324. The minimum absolute atomic E-state index is 0. The van der Waals surface area contributed by atoms with Crippen molar-refractivity contribution in [3.8, 4) is 0 Å². The third-order valence-electron chi connectivity index (χ3n) is 7.00. The first-order valence-corrected chi connectivity index (χ1v) is 18.0. The van der Waals surface area contributed by atoms with Crippen molar-refractivity contribution < 1.29 is 50.4 Å². The lowest BCUT2D eigenvalue weighted by molar-refractivity contribution is -0.145. The number of hydrogen-bond acceptors (Lipinski definition) is 9. The maximum atomic E-state index is 13.9. The van der Waals surface area contributed by atoms with Crippen molar-refractivity contribution in [3.05, 3.63) is 91.0 Å². The van der Waals surface area contributed by atoms with Crippen LogP contribution in [-0.4, -0.2) is 72.6 Å². The van der Waals surface area contributed by atoms with E-state index < -0.39 is 49.6 Å². The highest BCUT2D eigenvalue weighted by Crippen LogP contribution is 2.55. The summed E-state index contributed by atoms with van der Waals surface area (Å²) in [5, 5.41) is 8.07.